The minimum absolute atomic E-state index is 0. The van der Waals surface area contributed by atoms with Gasteiger partial charge >= 0.3 is 12.3 Å². The molecule has 1 amide bonds. The number of rotatable bonds is 4. The summed E-state index contributed by atoms with van der Waals surface area (Å²) in [4.78, 5) is 17.7. The van der Waals surface area contributed by atoms with Crippen LogP contribution in [0.4, 0.5) is 18.0 Å². The van der Waals surface area contributed by atoms with Crippen LogP contribution >= 0.6 is 24.0 Å². The Morgan fingerprint density at radius 2 is 1.96 bits per heavy atom. The lowest BCUT2D eigenvalue weighted by molar-refractivity contribution is -0.132. The lowest BCUT2D eigenvalue weighted by Crippen LogP contribution is -2.53. The van der Waals surface area contributed by atoms with Crippen molar-refractivity contribution < 1.29 is 22.7 Å². The highest BCUT2D eigenvalue weighted by Gasteiger charge is 2.28. The Morgan fingerprint density at radius 3 is 2.50 bits per heavy atom. The standard InChI is InChI=1S/C16H29F3N4O2.HI/c1-5-20-13(21-9-8-16(17,18)19)22-12-7-6-10-23(11-12)14(24)25-15(2,3)4;/h12H,5-11H2,1-4H3,(H2,20,21,22);1H. The zero-order valence-electron chi connectivity index (χ0n) is 15.8. The number of piperidine rings is 1. The van der Waals surface area contributed by atoms with Crippen LogP contribution < -0.4 is 10.6 Å². The van der Waals surface area contributed by atoms with E-state index in [0.29, 0.717) is 25.6 Å². The maximum Gasteiger partial charge on any atom is 0.410 e. The summed E-state index contributed by atoms with van der Waals surface area (Å²) in [5.74, 6) is 0.336. The Balaban J connectivity index is 0.00000625. The van der Waals surface area contributed by atoms with Crippen LogP contribution in [-0.2, 0) is 4.74 Å². The number of hydrogen-bond donors (Lipinski definition) is 2. The van der Waals surface area contributed by atoms with E-state index in [4.69, 9.17) is 4.74 Å². The first kappa shape index (κ1) is 25.1. The van der Waals surface area contributed by atoms with Crippen LogP contribution in [0, 0.1) is 0 Å². The fraction of sp³-hybridized carbons (Fsp3) is 0.875. The van der Waals surface area contributed by atoms with Gasteiger partial charge in [-0.1, -0.05) is 0 Å². The minimum Gasteiger partial charge on any atom is -0.444 e. The van der Waals surface area contributed by atoms with Gasteiger partial charge in [-0.25, -0.2) is 4.79 Å². The Hall–Kier alpha value is -0.940. The molecular weight excluding hydrogens is 464 g/mol. The zero-order valence-corrected chi connectivity index (χ0v) is 18.1. The Kier molecular flexibility index (Phi) is 10.6. The van der Waals surface area contributed by atoms with Crippen LogP contribution in [0.5, 0.6) is 0 Å². The highest BCUT2D eigenvalue weighted by atomic mass is 127. The molecule has 1 rings (SSSR count). The lowest BCUT2D eigenvalue weighted by atomic mass is 10.1. The van der Waals surface area contributed by atoms with Crippen molar-refractivity contribution in [3.8, 4) is 0 Å². The van der Waals surface area contributed by atoms with Gasteiger partial charge in [-0.05, 0) is 40.5 Å². The molecule has 0 bridgehead atoms. The van der Waals surface area contributed by atoms with Crippen LogP contribution in [0.25, 0.3) is 0 Å². The fourth-order valence-electron chi connectivity index (χ4n) is 2.40. The highest BCUT2D eigenvalue weighted by molar-refractivity contribution is 14.0. The number of guanidine groups is 1. The molecule has 0 radical (unpaired) electrons. The molecule has 0 aliphatic carbocycles. The number of ether oxygens (including phenoxy) is 1. The van der Waals surface area contributed by atoms with E-state index in [1.54, 1.807) is 25.7 Å². The van der Waals surface area contributed by atoms with Crippen molar-refractivity contribution in [1.82, 2.24) is 15.5 Å². The largest absolute Gasteiger partial charge is 0.444 e. The first-order valence-electron chi connectivity index (χ1n) is 8.59. The Labute approximate surface area is 170 Å². The maximum absolute atomic E-state index is 12.3. The van der Waals surface area contributed by atoms with Crippen molar-refractivity contribution in [2.75, 3.05) is 26.2 Å². The molecule has 0 aromatic carbocycles. The summed E-state index contributed by atoms with van der Waals surface area (Å²) < 4.78 is 42.1. The Bertz CT molecular complexity index is 467. The molecule has 1 heterocycles. The molecular formula is C16H30F3IN4O2. The molecule has 1 atom stereocenters. The molecule has 0 aromatic heterocycles. The van der Waals surface area contributed by atoms with Crippen molar-refractivity contribution in [3.63, 3.8) is 0 Å². The molecule has 0 spiro atoms. The van der Waals surface area contributed by atoms with E-state index in [0.717, 1.165) is 12.8 Å². The average Bonchev–Trinajstić information content (AvgIpc) is 2.44. The number of nitrogens with zero attached hydrogens (tertiary/aromatic N) is 2. The summed E-state index contributed by atoms with van der Waals surface area (Å²) in [6.07, 6.45) is -3.96. The number of halogens is 4. The molecule has 2 N–H and O–H groups in total. The molecule has 0 saturated carbocycles. The normalized spacial score (nSPS) is 18.8. The molecule has 1 aliphatic rings. The molecule has 0 aromatic rings. The van der Waals surface area contributed by atoms with E-state index < -0.39 is 18.2 Å². The number of likely N-dealkylation sites (tertiary alicyclic amines) is 1. The van der Waals surface area contributed by atoms with Crippen LogP contribution in [0.2, 0.25) is 0 Å². The summed E-state index contributed by atoms with van der Waals surface area (Å²) >= 11 is 0. The van der Waals surface area contributed by atoms with Crippen LogP contribution in [-0.4, -0.2) is 61.0 Å². The zero-order chi connectivity index (χ0) is 19.1. The first-order chi connectivity index (χ1) is 11.5. The lowest BCUT2D eigenvalue weighted by Gasteiger charge is -2.35. The second-order valence-corrected chi connectivity index (χ2v) is 7.04. The monoisotopic (exact) mass is 494 g/mol. The van der Waals surface area contributed by atoms with Crippen molar-refractivity contribution >= 4 is 36.0 Å². The fourth-order valence-corrected chi connectivity index (χ4v) is 2.40. The van der Waals surface area contributed by atoms with E-state index in [-0.39, 0.29) is 42.7 Å². The number of hydrogen-bond acceptors (Lipinski definition) is 3. The summed E-state index contributed by atoms with van der Waals surface area (Å²) in [7, 11) is 0. The number of amides is 1. The van der Waals surface area contributed by atoms with Gasteiger partial charge in [-0.15, -0.1) is 24.0 Å². The topological polar surface area (TPSA) is 66.0 Å². The second kappa shape index (κ2) is 11.0. The molecule has 1 saturated heterocycles. The third kappa shape index (κ3) is 10.9. The summed E-state index contributed by atoms with van der Waals surface area (Å²) in [5, 5.41) is 6.05. The maximum atomic E-state index is 12.3. The predicted octanol–water partition coefficient (Wildman–Crippen LogP) is 3.51. The van der Waals surface area contributed by atoms with Crippen molar-refractivity contribution in [2.24, 2.45) is 4.99 Å². The van der Waals surface area contributed by atoms with Gasteiger partial charge in [0, 0.05) is 25.7 Å². The minimum atomic E-state index is -4.22. The predicted molar refractivity (Wildman–Crippen MR) is 106 cm³/mol. The van der Waals surface area contributed by atoms with Crippen LogP contribution in [0.15, 0.2) is 4.99 Å². The van der Waals surface area contributed by atoms with E-state index >= 15 is 0 Å². The molecule has 1 fully saturated rings. The smallest absolute Gasteiger partial charge is 0.410 e. The van der Waals surface area contributed by atoms with Gasteiger partial charge in [0.15, 0.2) is 5.96 Å². The number of nitrogens with one attached hydrogen (secondary N) is 2. The molecule has 26 heavy (non-hydrogen) atoms. The first-order valence-corrected chi connectivity index (χ1v) is 8.59. The van der Waals surface area contributed by atoms with E-state index in [2.05, 4.69) is 15.6 Å². The van der Waals surface area contributed by atoms with Crippen LogP contribution in [0.1, 0.15) is 47.0 Å². The van der Waals surface area contributed by atoms with Gasteiger partial charge in [0.2, 0.25) is 0 Å². The average molecular weight is 494 g/mol. The second-order valence-electron chi connectivity index (χ2n) is 7.04. The number of aliphatic imine (C=N–C) groups is 1. The number of carbonyl (C=O) groups excluding carboxylic acids is 1. The van der Waals surface area contributed by atoms with Gasteiger partial charge in [0.05, 0.1) is 13.0 Å². The summed E-state index contributed by atoms with van der Waals surface area (Å²) in [6.45, 7) is 8.51. The molecule has 6 nitrogen and oxygen atoms in total. The van der Waals surface area contributed by atoms with Crippen molar-refractivity contribution in [2.45, 2.75) is 64.8 Å². The van der Waals surface area contributed by atoms with E-state index in [9.17, 15) is 18.0 Å². The summed E-state index contributed by atoms with van der Waals surface area (Å²) in [5.41, 5.74) is -0.564. The van der Waals surface area contributed by atoms with Gasteiger partial charge < -0.3 is 20.3 Å². The van der Waals surface area contributed by atoms with Gasteiger partial charge in [0.1, 0.15) is 5.60 Å². The van der Waals surface area contributed by atoms with Gasteiger partial charge in [0.25, 0.3) is 0 Å². The van der Waals surface area contributed by atoms with Crippen molar-refractivity contribution in [3.05, 3.63) is 0 Å². The third-order valence-electron chi connectivity index (χ3n) is 3.42. The van der Waals surface area contributed by atoms with Crippen LogP contribution in [0.3, 0.4) is 0 Å². The molecule has 154 valence electrons. The Morgan fingerprint density at radius 1 is 1.31 bits per heavy atom. The quantitative estimate of drug-likeness (QED) is 0.357. The SMILES string of the molecule is CCNC(=NCCC(F)(F)F)NC1CCCN(C(=O)OC(C)(C)C)C1.I. The highest BCUT2D eigenvalue weighted by Crippen LogP contribution is 2.19. The van der Waals surface area contributed by atoms with Gasteiger partial charge in [-0.2, -0.15) is 13.2 Å². The molecule has 10 heteroatoms. The van der Waals surface area contributed by atoms with E-state index in [1.807, 2.05) is 6.92 Å². The molecule has 1 unspecified atom stereocenters. The van der Waals surface area contributed by atoms with E-state index in [1.165, 1.54) is 0 Å². The third-order valence-corrected chi connectivity index (χ3v) is 3.42. The van der Waals surface area contributed by atoms with Crippen molar-refractivity contribution in [1.29, 1.82) is 0 Å². The summed E-state index contributed by atoms with van der Waals surface area (Å²) in [6, 6.07) is -0.0787. The number of alkyl halides is 3. The number of carbonyl (C=O) groups is 1. The molecule has 1 aliphatic heterocycles. The van der Waals surface area contributed by atoms with Gasteiger partial charge in [-0.3, -0.25) is 4.99 Å².